The van der Waals surface area contributed by atoms with Crippen LogP contribution in [0.3, 0.4) is 0 Å². The van der Waals surface area contributed by atoms with E-state index in [4.69, 9.17) is 5.11 Å². The van der Waals surface area contributed by atoms with Gasteiger partial charge < -0.3 is 21.3 Å². The van der Waals surface area contributed by atoms with Gasteiger partial charge in [-0.2, -0.15) is 0 Å². The number of carbonyl (C=O) groups excluding carboxylic acids is 3. The van der Waals surface area contributed by atoms with Crippen LogP contribution >= 0.6 is 11.8 Å². The summed E-state index contributed by atoms with van der Waals surface area (Å²) in [4.78, 5) is 59.0. The quantitative estimate of drug-likeness (QED) is 0.377. The molecule has 1 fully saturated rings. The van der Waals surface area contributed by atoms with Crippen molar-refractivity contribution in [1.82, 2.24) is 10.2 Å². The van der Waals surface area contributed by atoms with E-state index in [2.05, 4.69) is 11.1 Å². The normalized spacial score (nSPS) is 17.6. The fraction of sp³-hybridized carbons (Fsp3) is 0.706. The maximum atomic E-state index is 12.4. The van der Waals surface area contributed by atoms with Crippen LogP contribution in [0, 0.1) is 0 Å². The predicted octanol–water partition coefficient (Wildman–Crippen LogP) is 0.0448. The van der Waals surface area contributed by atoms with E-state index in [1.807, 2.05) is 0 Å². The lowest BCUT2D eigenvalue weighted by molar-refractivity contribution is -0.144. The van der Waals surface area contributed by atoms with Gasteiger partial charge in [-0.1, -0.05) is 0 Å². The molecule has 1 aliphatic rings. The van der Waals surface area contributed by atoms with Crippen LogP contribution in [0.4, 0.5) is 0 Å². The Bertz CT molecular complexity index is 604. The highest BCUT2D eigenvalue weighted by atomic mass is 32.2. The monoisotopic (exact) mass is 419 g/mol. The van der Waals surface area contributed by atoms with Crippen molar-refractivity contribution in [2.75, 3.05) is 12.8 Å². The number of nitrogens with one attached hydrogen (secondary N) is 1. The van der Waals surface area contributed by atoms with E-state index in [1.54, 1.807) is 20.8 Å². The number of carboxylic acid groups (broad SMARTS) is 2. The standard InChI is InChI=1S/C16H24N2O7S.CH5N/c1-16(2,3)18-12(20)7-10(14(18)23)26-8-9(15(24)25)17-11(19)5-4-6-13(21)22;1-2/h9-10H,4-8H2,1-3H3,(H,17,19)(H,21,22)(H,24,25);2H2,1H3. The number of carbonyl (C=O) groups is 5. The third-order valence-electron chi connectivity index (χ3n) is 3.67. The molecule has 0 aromatic carbocycles. The average Bonchev–Trinajstić information content (AvgIpc) is 2.86. The summed E-state index contributed by atoms with van der Waals surface area (Å²) in [5.41, 5.74) is 3.86. The highest BCUT2D eigenvalue weighted by Crippen LogP contribution is 2.30. The maximum absolute atomic E-state index is 12.4. The van der Waals surface area contributed by atoms with Gasteiger partial charge in [0, 0.05) is 30.6 Å². The Morgan fingerprint density at radius 3 is 2.21 bits per heavy atom. The SMILES string of the molecule is CC(C)(C)N1C(=O)CC(SCC(NC(=O)CCCC(=O)O)C(=O)O)C1=O.CN. The molecule has 3 amide bonds. The third kappa shape index (κ3) is 8.26. The number of hydrogen-bond donors (Lipinski definition) is 4. The number of carboxylic acids is 2. The maximum Gasteiger partial charge on any atom is 0.327 e. The molecule has 1 aliphatic heterocycles. The second kappa shape index (κ2) is 11.6. The van der Waals surface area contributed by atoms with E-state index in [0.717, 1.165) is 11.8 Å². The fourth-order valence-electron chi connectivity index (χ4n) is 2.49. The number of nitrogens with two attached hydrogens (primary N) is 1. The van der Waals surface area contributed by atoms with Gasteiger partial charge in [0.1, 0.15) is 6.04 Å². The van der Waals surface area contributed by atoms with E-state index in [0.29, 0.717) is 0 Å². The Hall–Kier alpha value is -2.14. The van der Waals surface area contributed by atoms with Crippen molar-refractivity contribution in [2.45, 2.75) is 63.3 Å². The van der Waals surface area contributed by atoms with Crippen molar-refractivity contribution in [1.29, 1.82) is 0 Å². The van der Waals surface area contributed by atoms with E-state index in [1.165, 1.54) is 11.9 Å². The lowest BCUT2D eigenvalue weighted by atomic mass is 10.1. The molecule has 11 heteroatoms. The van der Waals surface area contributed by atoms with Gasteiger partial charge in [-0.15, -0.1) is 11.8 Å². The lowest BCUT2D eigenvalue weighted by Crippen LogP contribution is -2.46. The molecule has 2 unspecified atom stereocenters. The van der Waals surface area contributed by atoms with E-state index in [-0.39, 0.29) is 43.3 Å². The van der Waals surface area contributed by atoms with Crippen LogP contribution in [0.5, 0.6) is 0 Å². The number of thioether (sulfide) groups is 1. The van der Waals surface area contributed by atoms with Gasteiger partial charge in [0.05, 0.1) is 5.25 Å². The molecule has 0 aromatic rings. The van der Waals surface area contributed by atoms with Crippen LogP contribution in [0.15, 0.2) is 0 Å². The minimum Gasteiger partial charge on any atom is -0.481 e. The minimum atomic E-state index is -1.26. The summed E-state index contributed by atoms with van der Waals surface area (Å²) in [7, 11) is 1.50. The van der Waals surface area contributed by atoms with Gasteiger partial charge in [0.15, 0.2) is 0 Å². The number of aliphatic carboxylic acids is 2. The molecule has 1 rings (SSSR count). The predicted molar refractivity (Wildman–Crippen MR) is 104 cm³/mol. The molecule has 0 spiro atoms. The summed E-state index contributed by atoms with van der Waals surface area (Å²) in [5.74, 6) is -3.58. The molecule has 28 heavy (non-hydrogen) atoms. The number of rotatable bonds is 9. The third-order valence-corrected chi connectivity index (χ3v) is 4.96. The largest absolute Gasteiger partial charge is 0.481 e. The Morgan fingerprint density at radius 2 is 1.79 bits per heavy atom. The van der Waals surface area contributed by atoms with Crippen molar-refractivity contribution in [3.63, 3.8) is 0 Å². The zero-order valence-corrected chi connectivity index (χ0v) is 17.4. The second-order valence-electron chi connectivity index (χ2n) is 6.97. The number of likely N-dealkylation sites (tertiary alicyclic amines) is 1. The fourth-order valence-corrected chi connectivity index (χ4v) is 3.65. The Balaban J connectivity index is 0.00000352. The average molecular weight is 420 g/mol. The Labute approximate surface area is 168 Å². The first-order chi connectivity index (χ1) is 12.9. The summed E-state index contributed by atoms with van der Waals surface area (Å²) < 4.78 is 0. The number of nitrogens with zero attached hydrogens (tertiary/aromatic N) is 1. The van der Waals surface area contributed by atoms with Gasteiger partial charge in [-0.25, -0.2) is 4.79 Å². The van der Waals surface area contributed by atoms with Crippen molar-refractivity contribution in [3.8, 4) is 0 Å². The highest BCUT2D eigenvalue weighted by molar-refractivity contribution is 8.00. The molecule has 10 nitrogen and oxygen atoms in total. The molecule has 0 bridgehead atoms. The first-order valence-corrected chi connectivity index (χ1v) is 9.78. The number of imide groups is 1. The van der Waals surface area contributed by atoms with Gasteiger partial charge in [0.25, 0.3) is 0 Å². The first-order valence-electron chi connectivity index (χ1n) is 8.73. The molecule has 0 radical (unpaired) electrons. The summed E-state index contributed by atoms with van der Waals surface area (Å²) in [6, 6.07) is -1.22. The number of hydrogen-bond acceptors (Lipinski definition) is 7. The zero-order chi connectivity index (χ0) is 22.1. The van der Waals surface area contributed by atoms with E-state index < -0.39 is 34.7 Å². The van der Waals surface area contributed by atoms with Crippen molar-refractivity contribution in [3.05, 3.63) is 0 Å². The number of amides is 3. The van der Waals surface area contributed by atoms with E-state index in [9.17, 15) is 29.1 Å². The summed E-state index contributed by atoms with van der Waals surface area (Å²) >= 11 is 1.02. The first kappa shape index (κ1) is 25.9. The van der Waals surface area contributed by atoms with Crippen molar-refractivity contribution < 1.29 is 34.2 Å². The van der Waals surface area contributed by atoms with Gasteiger partial charge in [-0.05, 0) is 34.2 Å². The molecular weight excluding hydrogens is 390 g/mol. The molecule has 5 N–H and O–H groups in total. The second-order valence-corrected chi connectivity index (χ2v) is 8.21. The summed E-state index contributed by atoms with van der Waals surface area (Å²) in [5, 5.41) is 19.4. The molecular formula is C17H29N3O7S. The summed E-state index contributed by atoms with van der Waals surface area (Å²) in [6.45, 7) is 5.23. The Morgan fingerprint density at radius 1 is 1.21 bits per heavy atom. The smallest absolute Gasteiger partial charge is 0.327 e. The van der Waals surface area contributed by atoms with Crippen LogP contribution in [-0.4, -0.2) is 74.4 Å². The molecule has 0 saturated carbocycles. The van der Waals surface area contributed by atoms with Crippen LogP contribution in [-0.2, 0) is 24.0 Å². The van der Waals surface area contributed by atoms with Gasteiger partial charge >= 0.3 is 11.9 Å². The topological polar surface area (TPSA) is 167 Å². The Kier molecular flexibility index (Phi) is 10.8. The summed E-state index contributed by atoms with van der Waals surface area (Å²) in [6.07, 6.45) is -0.170. The van der Waals surface area contributed by atoms with Crippen LogP contribution in [0.25, 0.3) is 0 Å². The van der Waals surface area contributed by atoms with Gasteiger partial charge in [0.2, 0.25) is 17.7 Å². The molecule has 1 heterocycles. The minimum absolute atomic E-state index is 0.000330. The van der Waals surface area contributed by atoms with Crippen molar-refractivity contribution >= 4 is 41.4 Å². The zero-order valence-electron chi connectivity index (χ0n) is 16.6. The van der Waals surface area contributed by atoms with Crippen LogP contribution in [0.2, 0.25) is 0 Å². The van der Waals surface area contributed by atoms with Gasteiger partial charge in [-0.3, -0.25) is 24.1 Å². The van der Waals surface area contributed by atoms with Crippen LogP contribution in [0.1, 0.15) is 46.5 Å². The molecule has 1 saturated heterocycles. The lowest BCUT2D eigenvalue weighted by Gasteiger charge is -2.30. The van der Waals surface area contributed by atoms with E-state index >= 15 is 0 Å². The molecule has 0 aromatic heterocycles. The molecule has 160 valence electrons. The van der Waals surface area contributed by atoms with Crippen molar-refractivity contribution in [2.24, 2.45) is 5.73 Å². The van der Waals surface area contributed by atoms with Crippen LogP contribution < -0.4 is 11.1 Å². The molecule has 2 atom stereocenters. The highest BCUT2D eigenvalue weighted by Gasteiger charge is 2.44. The molecule has 0 aliphatic carbocycles.